The number of nitrogens with one attached hydrogen (secondary N) is 1. The topological polar surface area (TPSA) is 55.1 Å². The van der Waals surface area contributed by atoms with E-state index < -0.39 is 0 Å². The van der Waals surface area contributed by atoms with Gasteiger partial charge in [0.1, 0.15) is 5.78 Å². The lowest BCUT2D eigenvalue weighted by Crippen LogP contribution is -2.45. The molecule has 3 heteroatoms. The quantitative estimate of drug-likeness (QED) is 0.768. The summed E-state index contributed by atoms with van der Waals surface area (Å²) in [6.07, 6.45) is 1.81. The van der Waals surface area contributed by atoms with E-state index in [4.69, 9.17) is 5.73 Å². The van der Waals surface area contributed by atoms with E-state index >= 15 is 0 Å². The van der Waals surface area contributed by atoms with Crippen LogP contribution >= 0.6 is 0 Å². The summed E-state index contributed by atoms with van der Waals surface area (Å²) in [7, 11) is 0. The van der Waals surface area contributed by atoms with Crippen molar-refractivity contribution in [2.75, 3.05) is 6.54 Å². The Bertz CT molecular complexity index is 261. The van der Waals surface area contributed by atoms with Crippen molar-refractivity contribution >= 4 is 5.78 Å². The Morgan fingerprint density at radius 1 is 1.06 bits per heavy atom. The molecular formula is C15H32N2O. The summed E-state index contributed by atoms with van der Waals surface area (Å²) in [6.45, 7) is 15.4. The second-order valence-corrected chi connectivity index (χ2v) is 7.86. The summed E-state index contributed by atoms with van der Waals surface area (Å²) in [5.41, 5.74) is 6.48. The normalized spacial score (nSPS) is 16.4. The van der Waals surface area contributed by atoms with Gasteiger partial charge < -0.3 is 11.1 Å². The molecule has 0 amide bonds. The molecule has 0 bridgehead atoms. The van der Waals surface area contributed by atoms with Crippen LogP contribution in [0.2, 0.25) is 0 Å². The molecule has 2 atom stereocenters. The molecule has 3 N–H and O–H groups in total. The molecular weight excluding hydrogens is 224 g/mol. The number of carbonyl (C=O) groups excluding carboxylic acids is 1. The fourth-order valence-electron chi connectivity index (χ4n) is 2.12. The van der Waals surface area contributed by atoms with Gasteiger partial charge in [0.2, 0.25) is 0 Å². The summed E-state index contributed by atoms with van der Waals surface area (Å²) < 4.78 is 0. The standard InChI is InChI=1S/C15H32N2O/c1-11(18)13(9-15(5,6)7)17-10-12(16)8-14(2,3)4/h12-13,17H,8-10,16H2,1-7H3/t12-,13+/m1/s1. The third-order valence-corrected chi connectivity index (χ3v) is 2.81. The molecule has 108 valence electrons. The van der Waals surface area contributed by atoms with Gasteiger partial charge in [0.05, 0.1) is 6.04 Å². The van der Waals surface area contributed by atoms with E-state index in [1.807, 2.05) is 0 Å². The summed E-state index contributed by atoms with van der Waals surface area (Å²) in [5.74, 6) is 0.202. The molecule has 0 heterocycles. The zero-order valence-electron chi connectivity index (χ0n) is 13.3. The van der Waals surface area contributed by atoms with E-state index in [0.29, 0.717) is 6.54 Å². The summed E-state index contributed by atoms with van der Waals surface area (Å²) in [5, 5.41) is 3.32. The van der Waals surface area contributed by atoms with Crippen LogP contribution in [-0.4, -0.2) is 24.4 Å². The van der Waals surface area contributed by atoms with Gasteiger partial charge in [0.15, 0.2) is 0 Å². The van der Waals surface area contributed by atoms with Gasteiger partial charge in [-0.3, -0.25) is 4.79 Å². The maximum Gasteiger partial charge on any atom is 0.146 e. The monoisotopic (exact) mass is 256 g/mol. The van der Waals surface area contributed by atoms with E-state index in [9.17, 15) is 4.79 Å². The van der Waals surface area contributed by atoms with Crippen LogP contribution in [0.25, 0.3) is 0 Å². The third kappa shape index (κ3) is 9.60. The molecule has 0 aliphatic heterocycles. The van der Waals surface area contributed by atoms with Crippen LogP contribution in [0, 0.1) is 10.8 Å². The fourth-order valence-corrected chi connectivity index (χ4v) is 2.12. The zero-order valence-corrected chi connectivity index (χ0v) is 13.3. The molecule has 3 nitrogen and oxygen atoms in total. The Kier molecular flexibility index (Phi) is 6.52. The van der Waals surface area contributed by atoms with Crippen molar-refractivity contribution in [3.8, 4) is 0 Å². The molecule has 0 aliphatic rings. The predicted octanol–water partition coefficient (Wildman–Crippen LogP) is 2.73. The molecule has 0 rings (SSSR count). The number of carbonyl (C=O) groups is 1. The van der Waals surface area contributed by atoms with Crippen LogP contribution in [0.1, 0.15) is 61.3 Å². The van der Waals surface area contributed by atoms with Crippen LogP contribution in [-0.2, 0) is 4.79 Å². The van der Waals surface area contributed by atoms with E-state index in [-0.39, 0.29) is 28.7 Å². The molecule has 0 radical (unpaired) electrons. The summed E-state index contributed by atoms with van der Waals surface area (Å²) >= 11 is 0. The minimum absolute atomic E-state index is 0.0731. The van der Waals surface area contributed by atoms with E-state index in [2.05, 4.69) is 46.9 Å². The van der Waals surface area contributed by atoms with Gasteiger partial charge in [0, 0.05) is 12.6 Å². The van der Waals surface area contributed by atoms with Gasteiger partial charge in [-0.25, -0.2) is 0 Å². The Morgan fingerprint density at radius 2 is 1.50 bits per heavy atom. The Morgan fingerprint density at radius 3 is 1.83 bits per heavy atom. The van der Waals surface area contributed by atoms with Crippen molar-refractivity contribution in [2.24, 2.45) is 16.6 Å². The molecule has 0 aliphatic carbocycles. The lowest BCUT2D eigenvalue weighted by atomic mass is 9.86. The number of nitrogens with two attached hydrogens (primary N) is 1. The van der Waals surface area contributed by atoms with Crippen molar-refractivity contribution < 1.29 is 4.79 Å². The van der Waals surface area contributed by atoms with Gasteiger partial charge >= 0.3 is 0 Å². The molecule has 0 saturated heterocycles. The Labute approximate surface area is 113 Å². The molecule has 0 fully saturated rings. The van der Waals surface area contributed by atoms with E-state index in [0.717, 1.165) is 12.8 Å². The zero-order chi connectivity index (χ0) is 14.6. The smallest absolute Gasteiger partial charge is 0.146 e. The number of ketones is 1. The van der Waals surface area contributed by atoms with Crippen LogP contribution in [0.3, 0.4) is 0 Å². The molecule has 0 saturated carbocycles. The van der Waals surface area contributed by atoms with Gasteiger partial charge in [0.25, 0.3) is 0 Å². The Hall–Kier alpha value is -0.410. The Balaban J connectivity index is 4.24. The van der Waals surface area contributed by atoms with Crippen molar-refractivity contribution in [1.29, 1.82) is 0 Å². The minimum Gasteiger partial charge on any atom is -0.327 e. The van der Waals surface area contributed by atoms with Crippen molar-refractivity contribution in [1.82, 2.24) is 5.32 Å². The maximum atomic E-state index is 11.6. The highest BCUT2D eigenvalue weighted by Gasteiger charge is 2.23. The first-order valence-electron chi connectivity index (χ1n) is 6.90. The van der Waals surface area contributed by atoms with Crippen molar-refractivity contribution in [3.63, 3.8) is 0 Å². The summed E-state index contributed by atoms with van der Waals surface area (Å²) in [6, 6.07) is 0.0304. The van der Waals surface area contributed by atoms with Crippen molar-refractivity contribution in [2.45, 2.75) is 73.4 Å². The molecule has 18 heavy (non-hydrogen) atoms. The lowest BCUT2D eigenvalue weighted by molar-refractivity contribution is -0.119. The van der Waals surface area contributed by atoms with Crippen LogP contribution in [0.4, 0.5) is 0 Å². The maximum absolute atomic E-state index is 11.6. The molecule has 0 unspecified atom stereocenters. The SMILES string of the molecule is CC(=O)[C@H](CC(C)(C)C)NC[C@H](N)CC(C)(C)C. The highest BCUT2D eigenvalue weighted by Crippen LogP contribution is 2.22. The molecule has 0 aromatic carbocycles. The summed E-state index contributed by atoms with van der Waals surface area (Å²) in [4.78, 5) is 11.6. The number of hydrogen-bond acceptors (Lipinski definition) is 3. The van der Waals surface area contributed by atoms with Gasteiger partial charge in [-0.15, -0.1) is 0 Å². The van der Waals surface area contributed by atoms with Crippen LogP contribution in [0.5, 0.6) is 0 Å². The molecule has 0 aromatic heterocycles. The first-order valence-corrected chi connectivity index (χ1v) is 6.90. The van der Waals surface area contributed by atoms with Crippen molar-refractivity contribution in [3.05, 3.63) is 0 Å². The van der Waals surface area contributed by atoms with E-state index in [1.165, 1.54) is 0 Å². The number of rotatable bonds is 6. The predicted molar refractivity (Wildman–Crippen MR) is 78.6 cm³/mol. The average molecular weight is 256 g/mol. The minimum atomic E-state index is -0.0731. The fraction of sp³-hybridized carbons (Fsp3) is 0.933. The van der Waals surface area contributed by atoms with Gasteiger partial charge in [-0.05, 0) is 30.6 Å². The van der Waals surface area contributed by atoms with Crippen LogP contribution < -0.4 is 11.1 Å². The number of hydrogen-bond donors (Lipinski definition) is 2. The van der Waals surface area contributed by atoms with Gasteiger partial charge in [-0.2, -0.15) is 0 Å². The highest BCUT2D eigenvalue weighted by molar-refractivity contribution is 5.81. The average Bonchev–Trinajstić information content (AvgIpc) is 2.06. The van der Waals surface area contributed by atoms with Crippen LogP contribution in [0.15, 0.2) is 0 Å². The third-order valence-electron chi connectivity index (χ3n) is 2.81. The highest BCUT2D eigenvalue weighted by atomic mass is 16.1. The number of Topliss-reactive ketones (excluding diaryl/α,β-unsaturated/α-hetero) is 1. The van der Waals surface area contributed by atoms with E-state index in [1.54, 1.807) is 6.92 Å². The second kappa shape index (κ2) is 6.67. The largest absolute Gasteiger partial charge is 0.327 e. The molecule has 0 aromatic rings. The van der Waals surface area contributed by atoms with Gasteiger partial charge in [-0.1, -0.05) is 41.5 Å². The lowest BCUT2D eigenvalue weighted by Gasteiger charge is -2.28. The first-order chi connectivity index (χ1) is 7.91. The first kappa shape index (κ1) is 17.6. The second-order valence-electron chi connectivity index (χ2n) is 7.86. The molecule has 0 spiro atoms.